The molecule has 0 radical (unpaired) electrons. The summed E-state index contributed by atoms with van der Waals surface area (Å²) in [6.45, 7) is 1.73. The van der Waals surface area contributed by atoms with E-state index in [0.29, 0.717) is 25.6 Å². The number of anilines is 4. The Morgan fingerprint density at radius 3 is 3.00 bits per heavy atom. The van der Waals surface area contributed by atoms with Crippen molar-refractivity contribution in [2.75, 3.05) is 47.6 Å². The summed E-state index contributed by atoms with van der Waals surface area (Å²) < 4.78 is 5.81. The highest BCUT2D eigenvalue weighted by Gasteiger charge is 2.35. The number of hydrogen-bond acceptors (Lipinski definition) is 9. The van der Waals surface area contributed by atoms with Crippen LogP contribution in [0.3, 0.4) is 0 Å². The van der Waals surface area contributed by atoms with Crippen molar-refractivity contribution < 1.29 is 9.84 Å². The number of aliphatic hydroxyl groups is 1. The number of nitrogens with zero attached hydrogens (tertiary/aromatic N) is 3. The van der Waals surface area contributed by atoms with Gasteiger partial charge in [0, 0.05) is 13.1 Å². The van der Waals surface area contributed by atoms with E-state index in [1.807, 2.05) is 4.90 Å². The highest BCUT2D eigenvalue weighted by molar-refractivity contribution is 5.82. The minimum Gasteiger partial charge on any atom is -0.394 e. The molecule has 9 heteroatoms. The van der Waals surface area contributed by atoms with Gasteiger partial charge in [-0.25, -0.2) is 0 Å². The van der Waals surface area contributed by atoms with Crippen molar-refractivity contribution in [3.05, 3.63) is 0 Å². The lowest BCUT2D eigenvalue weighted by Crippen LogP contribution is -2.36. The SMILES string of the molecule is NCCNc1nc(N)nc2c1NCN2C1CCC(CO)O1. The average molecular weight is 295 g/mol. The summed E-state index contributed by atoms with van der Waals surface area (Å²) in [5.41, 5.74) is 12.1. The Bertz CT molecular complexity index is 513. The summed E-state index contributed by atoms with van der Waals surface area (Å²) in [5.74, 6) is 1.59. The van der Waals surface area contributed by atoms with E-state index in [1.165, 1.54) is 0 Å². The smallest absolute Gasteiger partial charge is 0.224 e. The first kappa shape index (κ1) is 14.1. The van der Waals surface area contributed by atoms with Crippen molar-refractivity contribution >= 4 is 23.3 Å². The van der Waals surface area contributed by atoms with Gasteiger partial charge in [0.2, 0.25) is 5.95 Å². The number of ether oxygens (including phenoxy) is 1. The Morgan fingerprint density at radius 2 is 2.29 bits per heavy atom. The number of nitrogens with one attached hydrogen (secondary N) is 2. The van der Waals surface area contributed by atoms with Crippen LogP contribution in [0.5, 0.6) is 0 Å². The fourth-order valence-corrected chi connectivity index (χ4v) is 2.68. The van der Waals surface area contributed by atoms with Crippen molar-refractivity contribution in [3.8, 4) is 0 Å². The summed E-state index contributed by atoms with van der Waals surface area (Å²) >= 11 is 0. The van der Waals surface area contributed by atoms with Gasteiger partial charge in [-0.2, -0.15) is 9.97 Å². The number of rotatable bonds is 5. The number of nitrogen functional groups attached to an aromatic ring is 1. The summed E-state index contributed by atoms with van der Waals surface area (Å²) in [6, 6.07) is 0. The first-order valence-corrected chi connectivity index (χ1v) is 7.11. The maximum Gasteiger partial charge on any atom is 0.224 e. The van der Waals surface area contributed by atoms with Crippen LogP contribution < -0.4 is 27.0 Å². The summed E-state index contributed by atoms with van der Waals surface area (Å²) in [5, 5.41) is 15.6. The first-order valence-electron chi connectivity index (χ1n) is 7.11. The molecule has 9 nitrogen and oxygen atoms in total. The second-order valence-corrected chi connectivity index (χ2v) is 5.12. The molecule has 2 aliphatic heterocycles. The monoisotopic (exact) mass is 295 g/mol. The lowest BCUT2D eigenvalue weighted by Gasteiger charge is -2.24. The molecule has 0 aromatic carbocycles. The van der Waals surface area contributed by atoms with E-state index < -0.39 is 0 Å². The quantitative estimate of drug-likeness (QED) is 0.469. The van der Waals surface area contributed by atoms with Crippen LogP contribution in [0.4, 0.5) is 23.3 Å². The van der Waals surface area contributed by atoms with Crippen LogP contribution in [0.2, 0.25) is 0 Å². The molecular weight excluding hydrogens is 274 g/mol. The Labute approximate surface area is 122 Å². The summed E-state index contributed by atoms with van der Waals surface area (Å²) in [6.07, 6.45) is 1.48. The molecule has 1 fully saturated rings. The van der Waals surface area contributed by atoms with E-state index in [0.717, 1.165) is 24.3 Å². The summed E-state index contributed by atoms with van der Waals surface area (Å²) in [4.78, 5) is 10.5. The molecule has 1 aromatic heterocycles. The molecule has 0 spiro atoms. The van der Waals surface area contributed by atoms with Crippen molar-refractivity contribution in [1.29, 1.82) is 0 Å². The van der Waals surface area contributed by atoms with Crippen LogP contribution in [0.25, 0.3) is 0 Å². The number of hydrogen-bond donors (Lipinski definition) is 5. The fourth-order valence-electron chi connectivity index (χ4n) is 2.68. The van der Waals surface area contributed by atoms with E-state index >= 15 is 0 Å². The maximum atomic E-state index is 9.18. The number of aliphatic hydroxyl groups excluding tert-OH is 1. The van der Waals surface area contributed by atoms with Crippen molar-refractivity contribution in [1.82, 2.24) is 9.97 Å². The van der Waals surface area contributed by atoms with Gasteiger partial charge < -0.3 is 36.8 Å². The third kappa shape index (κ3) is 2.67. The van der Waals surface area contributed by atoms with Gasteiger partial charge in [-0.05, 0) is 12.8 Å². The fraction of sp³-hybridized carbons (Fsp3) is 0.667. The van der Waals surface area contributed by atoms with Crippen LogP contribution in [-0.2, 0) is 4.74 Å². The zero-order chi connectivity index (χ0) is 14.8. The summed E-state index contributed by atoms with van der Waals surface area (Å²) in [7, 11) is 0. The van der Waals surface area contributed by atoms with Gasteiger partial charge in [-0.3, -0.25) is 0 Å². The standard InChI is InChI=1S/C12H21N7O2/c13-3-4-15-10-9-11(18-12(14)17-10)19(6-16-9)8-2-1-7(5-20)21-8/h7-8,16,20H,1-6,13H2,(H3,14,15,17,18). The molecule has 0 saturated carbocycles. The third-order valence-electron chi connectivity index (χ3n) is 3.68. The molecule has 2 atom stereocenters. The van der Waals surface area contributed by atoms with Gasteiger partial charge in [-0.15, -0.1) is 0 Å². The van der Waals surface area contributed by atoms with Gasteiger partial charge in [0.25, 0.3) is 0 Å². The molecule has 1 aromatic rings. The van der Waals surface area contributed by atoms with E-state index in [1.54, 1.807) is 0 Å². The minimum atomic E-state index is -0.104. The molecule has 3 rings (SSSR count). The number of nitrogens with two attached hydrogens (primary N) is 2. The topological polar surface area (TPSA) is 135 Å². The molecule has 116 valence electrons. The number of fused-ring (bicyclic) bond motifs is 1. The molecule has 0 bridgehead atoms. The van der Waals surface area contributed by atoms with E-state index in [-0.39, 0.29) is 24.9 Å². The Hall–Kier alpha value is -1.84. The van der Waals surface area contributed by atoms with E-state index in [2.05, 4.69) is 20.6 Å². The zero-order valence-corrected chi connectivity index (χ0v) is 11.7. The second kappa shape index (κ2) is 5.88. The molecule has 0 amide bonds. The average Bonchev–Trinajstić information content (AvgIpc) is 3.10. The second-order valence-electron chi connectivity index (χ2n) is 5.12. The Balaban J connectivity index is 1.83. The molecule has 7 N–H and O–H groups in total. The Kier molecular flexibility index (Phi) is 3.95. The van der Waals surface area contributed by atoms with Crippen molar-refractivity contribution in [3.63, 3.8) is 0 Å². The van der Waals surface area contributed by atoms with Crippen LogP contribution in [-0.4, -0.2) is 53.8 Å². The molecule has 2 aliphatic rings. The highest BCUT2D eigenvalue weighted by Crippen LogP contribution is 2.38. The van der Waals surface area contributed by atoms with E-state index in [4.69, 9.17) is 16.2 Å². The van der Waals surface area contributed by atoms with Crippen LogP contribution in [0.15, 0.2) is 0 Å². The predicted molar refractivity (Wildman–Crippen MR) is 79.9 cm³/mol. The van der Waals surface area contributed by atoms with Crippen molar-refractivity contribution in [2.24, 2.45) is 5.73 Å². The Morgan fingerprint density at radius 1 is 1.43 bits per heavy atom. The molecule has 21 heavy (non-hydrogen) atoms. The van der Waals surface area contributed by atoms with Gasteiger partial charge >= 0.3 is 0 Å². The van der Waals surface area contributed by atoms with Crippen LogP contribution in [0.1, 0.15) is 12.8 Å². The molecule has 3 heterocycles. The van der Waals surface area contributed by atoms with Gasteiger partial charge in [0.15, 0.2) is 11.6 Å². The van der Waals surface area contributed by atoms with Gasteiger partial charge in [0.1, 0.15) is 11.9 Å². The first-order chi connectivity index (χ1) is 10.2. The van der Waals surface area contributed by atoms with E-state index in [9.17, 15) is 5.11 Å². The molecular formula is C12H21N7O2. The van der Waals surface area contributed by atoms with Gasteiger partial charge in [-0.1, -0.05) is 0 Å². The number of aromatic nitrogens is 2. The predicted octanol–water partition coefficient (Wildman–Crippen LogP) is -0.884. The zero-order valence-electron chi connectivity index (χ0n) is 11.7. The highest BCUT2D eigenvalue weighted by atomic mass is 16.5. The molecule has 0 aliphatic carbocycles. The van der Waals surface area contributed by atoms with Gasteiger partial charge in [0.05, 0.1) is 19.4 Å². The lowest BCUT2D eigenvalue weighted by molar-refractivity contribution is 0.0115. The maximum absolute atomic E-state index is 9.18. The molecule has 1 saturated heterocycles. The largest absolute Gasteiger partial charge is 0.394 e. The van der Waals surface area contributed by atoms with Crippen LogP contribution >= 0.6 is 0 Å². The minimum absolute atomic E-state index is 0.0415. The van der Waals surface area contributed by atoms with Crippen molar-refractivity contribution in [2.45, 2.75) is 25.2 Å². The third-order valence-corrected chi connectivity index (χ3v) is 3.68. The normalized spacial score (nSPS) is 24.0. The lowest BCUT2D eigenvalue weighted by atomic mass is 10.2. The van der Waals surface area contributed by atoms with Crippen LogP contribution in [0, 0.1) is 0 Å². The molecule has 2 unspecified atom stereocenters.